The fourth-order valence-corrected chi connectivity index (χ4v) is 3.34. The van der Waals surface area contributed by atoms with Gasteiger partial charge in [0.15, 0.2) is 0 Å². The maximum absolute atomic E-state index is 12.1. The number of H-pyrrole nitrogens is 1. The normalized spacial score (nSPS) is 19.2. The third-order valence-electron chi connectivity index (χ3n) is 4.69. The minimum absolute atomic E-state index is 0.00534. The topological polar surface area (TPSA) is 68.4 Å². The molecule has 0 spiro atoms. The molecular formula is C18H24N4O2. The van der Waals surface area contributed by atoms with Crippen LogP contribution in [0, 0.1) is 5.92 Å². The predicted molar refractivity (Wildman–Crippen MR) is 93.4 cm³/mol. The van der Waals surface area contributed by atoms with Gasteiger partial charge in [-0.05, 0) is 29.1 Å². The molecule has 2 N–H and O–H groups in total. The monoisotopic (exact) mass is 328 g/mol. The summed E-state index contributed by atoms with van der Waals surface area (Å²) in [7, 11) is 1.65. The Morgan fingerprint density at radius 2 is 2.08 bits per heavy atom. The number of hydrogen-bond donors (Lipinski definition) is 2. The average Bonchev–Trinajstić information content (AvgIpc) is 2.93. The lowest BCUT2D eigenvalue weighted by Crippen LogP contribution is -2.40. The van der Waals surface area contributed by atoms with E-state index >= 15 is 0 Å². The van der Waals surface area contributed by atoms with E-state index in [1.54, 1.807) is 18.9 Å². The Hall–Kier alpha value is -2.34. The van der Waals surface area contributed by atoms with Gasteiger partial charge in [0.2, 0.25) is 11.8 Å². The summed E-state index contributed by atoms with van der Waals surface area (Å²) in [5.74, 6) is -0.175. The largest absolute Gasteiger partial charge is 0.361 e. The molecule has 0 saturated carbocycles. The van der Waals surface area contributed by atoms with Crippen molar-refractivity contribution in [3.63, 3.8) is 0 Å². The molecule has 2 heterocycles. The maximum atomic E-state index is 12.1. The molecular weight excluding hydrogens is 304 g/mol. The van der Waals surface area contributed by atoms with Crippen molar-refractivity contribution in [1.29, 1.82) is 0 Å². The predicted octanol–water partition coefficient (Wildman–Crippen LogP) is 1.19. The van der Waals surface area contributed by atoms with Crippen LogP contribution in [0.2, 0.25) is 0 Å². The smallest absolute Gasteiger partial charge is 0.225 e. The number of benzene rings is 1. The number of hydrogen-bond acceptors (Lipinski definition) is 3. The number of carbonyl (C=O) groups is 2. The molecule has 6 heteroatoms. The molecule has 2 aromatic rings. The Labute approximate surface area is 141 Å². The second-order valence-corrected chi connectivity index (χ2v) is 6.41. The van der Waals surface area contributed by atoms with Crippen LogP contribution in [0.4, 0.5) is 0 Å². The summed E-state index contributed by atoms with van der Waals surface area (Å²) in [6, 6.07) is 8.43. The minimum Gasteiger partial charge on any atom is -0.361 e. The molecule has 1 unspecified atom stereocenters. The molecule has 0 bridgehead atoms. The van der Waals surface area contributed by atoms with Crippen LogP contribution in [0.1, 0.15) is 12.5 Å². The van der Waals surface area contributed by atoms with Crippen LogP contribution in [0.15, 0.2) is 30.5 Å². The van der Waals surface area contributed by atoms with Crippen molar-refractivity contribution in [1.82, 2.24) is 20.1 Å². The van der Waals surface area contributed by atoms with Gasteiger partial charge in [-0.1, -0.05) is 6.07 Å². The summed E-state index contributed by atoms with van der Waals surface area (Å²) in [6.07, 6.45) is 1.94. The second-order valence-electron chi connectivity index (χ2n) is 6.41. The van der Waals surface area contributed by atoms with Gasteiger partial charge >= 0.3 is 0 Å². The highest BCUT2D eigenvalue weighted by Crippen LogP contribution is 2.18. The molecule has 128 valence electrons. The van der Waals surface area contributed by atoms with E-state index in [0.29, 0.717) is 19.6 Å². The first-order chi connectivity index (χ1) is 11.6. The van der Waals surface area contributed by atoms with E-state index in [1.165, 1.54) is 10.9 Å². The zero-order valence-corrected chi connectivity index (χ0v) is 14.2. The Kier molecular flexibility index (Phi) is 4.85. The van der Waals surface area contributed by atoms with Crippen LogP contribution in [-0.2, 0) is 16.1 Å². The van der Waals surface area contributed by atoms with Crippen LogP contribution in [0.3, 0.4) is 0 Å². The molecule has 6 nitrogen and oxygen atoms in total. The summed E-state index contributed by atoms with van der Waals surface area (Å²) in [5, 5.41) is 3.91. The highest BCUT2D eigenvalue weighted by Gasteiger charge is 2.28. The lowest BCUT2D eigenvalue weighted by atomic mass is 10.1. The highest BCUT2D eigenvalue weighted by molar-refractivity contribution is 5.81. The molecule has 1 saturated heterocycles. The molecule has 1 atom stereocenters. The lowest BCUT2D eigenvalue weighted by Gasteiger charge is -2.23. The van der Waals surface area contributed by atoms with Crippen molar-refractivity contribution in [2.75, 3.05) is 33.2 Å². The molecule has 0 radical (unpaired) electrons. The summed E-state index contributed by atoms with van der Waals surface area (Å²) < 4.78 is 0. The summed E-state index contributed by atoms with van der Waals surface area (Å²) in [4.78, 5) is 31.1. The van der Waals surface area contributed by atoms with Crippen LogP contribution >= 0.6 is 0 Å². The zero-order valence-electron chi connectivity index (χ0n) is 14.2. The summed E-state index contributed by atoms with van der Waals surface area (Å²) >= 11 is 0. The Balaban J connectivity index is 1.75. The number of nitrogens with one attached hydrogen (secondary N) is 2. The van der Waals surface area contributed by atoms with Gasteiger partial charge in [0.1, 0.15) is 0 Å². The summed E-state index contributed by atoms with van der Waals surface area (Å²) in [6.45, 7) is 4.93. The van der Waals surface area contributed by atoms with Crippen LogP contribution in [0.5, 0.6) is 0 Å². The Bertz CT molecular complexity index is 739. The van der Waals surface area contributed by atoms with Gasteiger partial charge in [-0.2, -0.15) is 0 Å². The number of fused-ring (bicyclic) bond motifs is 1. The third kappa shape index (κ3) is 3.59. The number of amides is 2. The van der Waals surface area contributed by atoms with Crippen molar-refractivity contribution in [3.8, 4) is 0 Å². The summed E-state index contributed by atoms with van der Waals surface area (Å²) in [5.41, 5.74) is 2.34. The first-order valence-corrected chi connectivity index (χ1v) is 8.32. The van der Waals surface area contributed by atoms with Gasteiger partial charge < -0.3 is 15.2 Å². The number of aromatic nitrogens is 1. The zero-order chi connectivity index (χ0) is 17.1. The van der Waals surface area contributed by atoms with Gasteiger partial charge in [0.25, 0.3) is 0 Å². The fraction of sp³-hybridized carbons (Fsp3) is 0.444. The van der Waals surface area contributed by atoms with E-state index < -0.39 is 0 Å². The average molecular weight is 328 g/mol. The molecule has 1 aromatic carbocycles. The molecule has 1 fully saturated rings. The van der Waals surface area contributed by atoms with Crippen LogP contribution in [0.25, 0.3) is 10.9 Å². The van der Waals surface area contributed by atoms with E-state index in [2.05, 4.69) is 39.5 Å². The first-order valence-electron chi connectivity index (χ1n) is 8.32. The number of nitrogens with zero attached hydrogens (tertiary/aromatic N) is 2. The van der Waals surface area contributed by atoms with Crippen LogP contribution in [-0.4, -0.2) is 59.8 Å². The molecule has 2 amide bonds. The van der Waals surface area contributed by atoms with E-state index in [0.717, 1.165) is 18.6 Å². The van der Waals surface area contributed by atoms with Gasteiger partial charge in [0.05, 0.1) is 5.92 Å². The highest BCUT2D eigenvalue weighted by atomic mass is 16.2. The third-order valence-corrected chi connectivity index (χ3v) is 4.69. The van der Waals surface area contributed by atoms with Gasteiger partial charge in [-0.3, -0.25) is 14.5 Å². The SMILES string of the molecule is CNC(=O)C1CN(Cc2ccc3[nH]ccc3c2)CCN(C(C)=O)C1. The van der Waals surface area contributed by atoms with E-state index in [9.17, 15) is 9.59 Å². The molecule has 3 rings (SSSR count). The number of aromatic amines is 1. The molecule has 24 heavy (non-hydrogen) atoms. The molecule has 1 aliphatic rings. The number of rotatable bonds is 3. The molecule has 0 aliphatic carbocycles. The van der Waals surface area contributed by atoms with E-state index in [1.807, 2.05) is 6.20 Å². The van der Waals surface area contributed by atoms with E-state index in [-0.39, 0.29) is 17.7 Å². The first kappa shape index (κ1) is 16.5. The van der Waals surface area contributed by atoms with Crippen molar-refractivity contribution >= 4 is 22.7 Å². The van der Waals surface area contributed by atoms with Gasteiger partial charge in [-0.25, -0.2) is 0 Å². The maximum Gasteiger partial charge on any atom is 0.225 e. The van der Waals surface area contributed by atoms with Crippen molar-refractivity contribution < 1.29 is 9.59 Å². The van der Waals surface area contributed by atoms with Crippen LogP contribution < -0.4 is 5.32 Å². The van der Waals surface area contributed by atoms with Crippen molar-refractivity contribution in [2.45, 2.75) is 13.5 Å². The second kappa shape index (κ2) is 7.05. The molecule has 1 aromatic heterocycles. The minimum atomic E-state index is -0.197. The fourth-order valence-electron chi connectivity index (χ4n) is 3.34. The van der Waals surface area contributed by atoms with E-state index in [4.69, 9.17) is 0 Å². The Morgan fingerprint density at radius 3 is 2.83 bits per heavy atom. The standard InChI is InChI=1S/C18H24N4O2/c1-13(23)22-8-7-21(11-16(12-22)18(24)19-2)10-14-3-4-17-15(9-14)5-6-20-17/h3-6,9,16,20H,7-8,10-12H2,1-2H3,(H,19,24). The quantitative estimate of drug-likeness (QED) is 0.889. The Morgan fingerprint density at radius 1 is 1.25 bits per heavy atom. The van der Waals surface area contributed by atoms with Crippen molar-refractivity contribution in [3.05, 3.63) is 36.0 Å². The van der Waals surface area contributed by atoms with Gasteiger partial charge in [-0.15, -0.1) is 0 Å². The molecule has 1 aliphatic heterocycles. The number of carbonyl (C=O) groups excluding carboxylic acids is 2. The van der Waals surface area contributed by atoms with Gasteiger partial charge in [0, 0.05) is 58.4 Å². The lowest BCUT2D eigenvalue weighted by molar-refractivity contribution is -0.130. The van der Waals surface area contributed by atoms with Crippen molar-refractivity contribution in [2.24, 2.45) is 5.92 Å².